The number of fused-ring (bicyclic) bond motifs is 1. The van der Waals surface area contributed by atoms with Crippen molar-refractivity contribution in [3.63, 3.8) is 0 Å². The summed E-state index contributed by atoms with van der Waals surface area (Å²) in [5.74, 6) is 2.33. The van der Waals surface area contributed by atoms with Crippen molar-refractivity contribution in [1.29, 1.82) is 0 Å². The van der Waals surface area contributed by atoms with E-state index in [1.165, 1.54) is 0 Å². The average Bonchev–Trinajstić information content (AvgIpc) is 3.30. The molecule has 8 heteroatoms. The first kappa shape index (κ1) is 16.2. The monoisotopic (exact) mass is 349 g/mol. The molecule has 0 fully saturated rings. The molecular formula is C18H19N7O. The number of hydrogen-bond acceptors (Lipinski definition) is 7. The number of pyridine rings is 1. The molecule has 0 saturated carbocycles. The number of aromatic nitrogens is 6. The second-order valence-corrected chi connectivity index (χ2v) is 6.40. The fourth-order valence-corrected chi connectivity index (χ4v) is 2.70. The SMILES string of the molecule is CC(C)c1cc(N(C)Cc2nc(-c3ccncc3)no2)n2nccc2n1. The highest BCUT2D eigenvalue weighted by Crippen LogP contribution is 2.22. The largest absolute Gasteiger partial charge is 0.350 e. The van der Waals surface area contributed by atoms with E-state index in [0.717, 1.165) is 22.7 Å². The number of anilines is 1. The van der Waals surface area contributed by atoms with Crippen molar-refractivity contribution in [1.82, 2.24) is 29.7 Å². The molecule has 0 bridgehead atoms. The molecule has 0 N–H and O–H groups in total. The standard InChI is InChI=1S/C18H19N7O/c1-12(2)14-10-17(25-15(21-14)6-9-20-25)24(3)11-16-22-18(23-26-16)13-4-7-19-8-5-13/h4-10,12H,11H2,1-3H3. The van der Waals surface area contributed by atoms with Crippen molar-refractivity contribution >= 4 is 11.5 Å². The summed E-state index contributed by atoms with van der Waals surface area (Å²) in [6, 6.07) is 7.65. The van der Waals surface area contributed by atoms with Crippen molar-refractivity contribution in [2.75, 3.05) is 11.9 Å². The Bertz CT molecular complexity index is 1020. The molecule has 132 valence electrons. The summed E-state index contributed by atoms with van der Waals surface area (Å²) in [6.07, 6.45) is 5.16. The summed E-state index contributed by atoms with van der Waals surface area (Å²) in [5.41, 5.74) is 2.71. The van der Waals surface area contributed by atoms with Crippen LogP contribution in [0.2, 0.25) is 0 Å². The Kier molecular flexibility index (Phi) is 4.08. The van der Waals surface area contributed by atoms with Crippen LogP contribution in [-0.4, -0.2) is 36.8 Å². The molecule has 0 aromatic carbocycles. The molecule has 0 unspecified atom stereocenters. The molecule has 0 aliphatic carbocycles. The predicted molar refractivity (Wildman–Crippen MR) is 96.7 cm³/mol. The zero-order chi connectivity index (χ0) is 18.1. The highest BCUT2D eigenvalue weighted by Gasteiger charge is 2.16. The third-order valence-corrected chi connectivity index (χ3v) is 4.12. The van der Waals surface area contributed by atoms with E-state index in [-0.39, 0.29) is 0 Å². The zero-order valence-electron chi connectivity index (χ0n) is 14.9. The van der Waals surface area contributed by atoms with Crippen LogP contribution in [0.3, 0.4) is 0 Å². The summed E-state index contributed by atoms with van der Waals surface area (Å²) < 4.78 is 7.23. The Morgan fingerprint density at radius 2 is 1.92 bits per heavy atom. The van der Waals surface area contributed by atoms with Gasteiger partial charge in [0.1, 0.15) is 5.82 Å². The van der Waals surface area contributed by atoms with Crippen molar-refractivity contribution in [3.05, 3.63) is 54.4 Å². The Balaban J connectivity index is 1.63. The highest BCUT2D eigenvalue weighted by atomic mass is 16.5. The maximum absolute atomic E-state index is 5.41. The van der Waals surface area contributed by atoms with Gasteiger partial charge in [0.2, 0.25) is 11.7 Å². The van der Waals surface area contributed by atoms with Crippen LogP contribution in [0, 0.1) is 0 Å². The average molecular weight is 349 g/mol. The van der Waals surface area contributed by atoms with Crippen LogP contribution >= 0.6 is 0 Å². The van der Waals surface area contributed by atoms with Gasteiger partial charge in [0, 0.05) is 42.8 Å². The Hall–Kier alpha value is -3.29. The van der Waals surface area contributed by atoms with Gasteiger partial charge in [-0.05, 0) is 18.1 Å². The van der Waals surface area contributed by atoms with E-state index in [4.69, 9.17) is 4.52 Å². The quantitative estimate of drug-likeness (QED) is 0.547. The lowest BCUT2D eigenvalue weighted by Gasteiger charge is -2.19. The minimum atomic E-state index is 0.323. The Morgan fingerprint density at radius 3 is 2.69 bits per heavy atom. The molecule has 4 rings (SSSR count). The Morgan fingerprint density at radius 1 is 1.12 bits per heavy atom. The molecule has 0 aliphatic rings. The van der Waals surface area contributed by atoms with E-state index in [9.17, 15) is 0 Å². The summed E-state index contributed by atoms with van der Waals surface area (Å²) in [5, 5.41) is 8.43. The predicted octanol–water partition coefficient (Wildman–Crippen LogP) is 2.93. The molecule has 0 amide bonds. The molecule has 8 nitrogen and oxygen atoms in total. The van der Waals surface area contributed by atoms with Crippen LogP contribution in [0.25, 0.3) is 17.0 Å². The van der Waals surface area contributed by atoms with E-state index < -0.39 is 0 Å². The first-order valence-corrected chi connectivity index (χ1v) is 8.40. The van der Waals surface area contributed by atoms with Gasteiger partial charge in [-0.15, -0.1) is 0 Å². The zero-order valence-corrected chi connectivity index (χ0v) is 14.9. The van der Waals surface area contributed by atoms with Crippen LogP contribution in [0.4, 0.5) is 5.82 Å². The van der Waals surface area contributed by atoms with Gasteiger partial charge in [-0.3, -0.25) is 4.98 Å². The van der Waals surface area contributed by atoms with Crippen LogP contribution in [0.15, 0.2) is 47.4 Å². The Labute approximate surface area is 150 Å². The summed E-state index contributed by atoms with van der Waals surface area (Å²) in [6.45, 7) is 4.71. The van der Waals surface area contributed by atoms with Crippen LogP contribution in [0.5, 0.6) is 0 Å². The smallest absolute Gasteiger partial charge is 0.246 e. The second-order valence-electron chi connectivity index (χ2n) is 6.40. The second kappa shape index (κ2) is 6.55. The molecule has 0 atom stereocenters. The van der Waals surface area contributed by atoms with Gasteiger partial charge in [0.25, 0.3) is 0 Å². The van der Waals surface area contributed by atoms with Gasteiger partial charge in [-0.1, -0.05) is 19.0 Å². The molecule has 0 radical (unpaired) electrons. The van der Waals surface area contributed by atoms with E-state index in [0.29, 0.717) is 24.2 Å². The summed E-state index contributed by atoms with van der Waals surface area (Å²) in [7, 11) is 1.97. The molecular weight excluding hydrogens is 330 g/mol. The highest BCUT2D eigenvalue weighted by molar-refractivity contribution is 5.53. The maximum Gasteiger partial charge on any atom is 0.246 e. The van der Waals surface area contributed by atoms with E-state index in [1.54, 1.807) is 18.6 Å². The van der Waals surface area contributed by atoms with Gasteiger partial charge in [0.05, 0.1) is 12.7 Å². The van der Waals surface area contributed by atoms with Gasteiger partial charge in [0.15, 0.2) is 5.65 Å². The van der Waals surface area contributed by atoms with Crippen LogP contribution < -0.4 is 4.90 Å². The van der Waals surface area contributed by atoms with Gasteiger partial charge < -0.3 is 9.42 Å². The molecule has 0 aliphatic heterocycles. The summed E-state index contributed by atoms with van der Waals surface area (Å²) >= 11 is 0. The topological polar surface area (TPSA) is 85.2 Å². The minimum absolute atomic E-state index is 0.323. The molecule has 0 spiro atoms. The number of hydrogen-bond donors (Lipinski definition) is 0. The lowest BCUT2D eigenvalue weighted by Crippen LogP contribution is -2.20. The third kappa shape index (κ3) is 3.01. The number of rotatable bonds is 5. The molecule has 0 saturated heterocycles. The van der Waals surface area contributed by atoms with Crippen molar-refractivity contribution in [3.8, 4) is 11.4 Å². The van der Waals surface area contributed by atoms with Crippen molar-refractivity contribution in [2.45, 2.75) is 26.3 Å². The van der Waals surface area contributed by atoms with E-state index in [2.05, 4.69) is 39.1 Å². The van der Waals surface area contributed by atoms with Crippen molar-refractivity contribution in [2.24, 2.45) is 0 Å². The maximum atomic E-state index is 5.41. The van der Waals surface area contributed by atoms with E-state index >= 15 is 0 Å². The van der Waals surface area contributed by atoms with Gasteiger partial charge in [-0.25, -0.2) is 4.98 Å². The lowest BCUT2D eigenvalue weighted by atomic mass is 10.1. The first-order chi connectivity index (χ1) is 12.6. The normalized spacial score (nSPS) is 11.4. The minimum Gasteiger partial charge on any atom is -0.350 e. The fourth-order valence-electron chi connectivity index (χ4n) is 2.70. The lowest BCUT2D eigenvalue weighted by molar-refractivity contribution is 0.378. The van der Waals surface area contributed by atoms with Gasteiger partial charge >= 0.3 is 0 Å². The molecule has 4 aromatic rings. The molecule has 4 aromatic heterocycles. The van der Waals surface area contributed by atoms with E-state index in [1.807, 2.05) is 40.7 Å². The fraction of sp³-hybridized carbons (Fsp3) is 0.278. The number of nitrogens with zero attached hydrogens (tertiary/aromatic N) is 7. The van der Waals surface area contributed by atoms with Crippen molar-refractivity contribution < 1.29 is 4.52 Å². The third-order valence-electron chi connectivity index (χ3n) is 4.12. The summed E-state index contributed by atoms with van der Waals surface area (Å²) in [4.78, 5) is 15.2. The van der Waals surface area contributed by atoms with Crippen LogP contribution in [-0.2, 0) is 6.54 Å². The van der Waals surface area contributed by atoms with Gasteiger partial charge in [-0.2, -0.15) is 14.6 Å². The van der Waals surface area contributed by atoms with Crippen LogP contribution in [0.1, 0.15) is 31.4 Å². The first-order valence-electron chi connectivity index (χ1n) is 8.40. The molecule has 26 heavy (non-hydrogen) atoms. The molecule has 4 heterocycles.